The van der Waals surface area contributed by atoms with Gasteiger partial charge in [0.2, 0.25) is 0 Å². The molecule has 0 fully saturated rings. The molecule has 4 heteroatoms. The predicted molar refractivity (Wildman–Crippen MR) is 78.8 cm³/mol. The highest BCUT2D eigenvalue weighted by Gasteiger charge is 2.17. The first-order valence-electron chi connectivity index (χ1n) is 6.44. The van der Waals surface area contributed by atoms with Crippen molar-refractivity contribution in [3.8, 4) is 0 Å². The largest absolute Gasteiger partial charge is 0.325 e. The van der Waals surface area contributed by atoms with Crippen LogP contribution in [0.5, 0.6) is 0 Å². The Kier molecular flexibility index (Phi) is 4.52. The summed E-state index contributed by atoms with van der Waals surface area (Å²) < 4.78 is 2.31. The van der Waals surface area contributed by atoms with Gasteiger partial charge in [-0.25, -0.2) is 4.98 Å². The Labute approximate surface area is 118 Å². The fraction of sp³-hybridized carbons (Fsp3) is 0.500. The minimum Gasteiger partial charge on any atom is -0.325 e. The van der Waals surface area contributed by atoms with E-state index < -0.39 is 0 Å². The molecule has 0 saturated heterocycles. The van der Waals surface area contributed by atoms with Crippen LogP contribution in [0, 0.1) is 0 Å². The van der Waals surface area contributed by atoms with E-state index in [4.69, 9.17) is 23.2 Å². The summed E-state index contributed by atoms with van der Waals surface area (Å²) in [5.41, 5.74) is 2.02. The molecule has 0 unspecified atom stereocenters. The van der Waals surface area contributed by atoms with Crippen molar-refractivity contribution in [2.24, 2.45) is 0 Å². The Morgan fingerprint density at radius 3 is 2.61 bits per heavy atom. The maximum absolute atomic E-state index is 6.22. The van der Waals surface area contributed by atoms with Crippen LogP contribution < -0.4 is 0 Å². The number of alkyl halides is 1. The molecule has 2 aromatic rings. The number of benzene rings is 1. The third kappa shape index (κ3) is 2.36. The molecule has 0 bridgehead atoms. The zero-order valence-electron chi connectivity index (χ0n) is 10.8. The topological polar surface area (TPSA) is 17.8 Å². The summed E-state index contributed by atoms with van der Waals surface area (Å²) in [6.07, 6.45) is 2.95. The number of halogens is 2. The van der Waals surface area contributed by atoms with Gasteiger partial charge in [-0.15, -0.1) is 11.6 Å². The lowest BCUT2D eigenvalue weighted by molar-refractivity contribution is 0.468. The van der Waals surface area contributed by atoms with E-state index in [2.05, 4.69) is 29.5 Å². The zero-order valence-corrected chi connectivity index (χ0v) is 12.3. The van der Waals surface area contributed by atoms with Gasteiger partial charge in [-0.3, -0.25) is 0 Å². The highest BCUT2D eigenvalue weighted by molar-refractivity contribution is 6.34. The second-order valence-corrected chi connectivity index (χ2v) is 5.20. The van der Waals surface area contributed by atoms with Gasteiger partial charge in [-0.2, -0.15) is 0 Å². The second kappa shape index (κ2) is 5.94. The van der Waals surface area contributed by atoms with Crippen LogP contribution >= 0.6 is 23.2 Å². The summed E-state index contributed by atoms with van der Waals surface area (Å²) in [5.74, 6) is 1.63. The van der Waals surface area contributed by atoms with E-state index in [1.807, 2.05) is 12.1 Å². The Bertz CT molecular complexity index is 530. The van der Waals surface area contributed by atoms with Crippen molar-refractivity contribution < 1.29 is 0 Å². The molecule has 98 valence electrons. The monoisotopic (exact) mass is 284 g/mol. The SMILES string of the molecule is CCC(CC)n1c(CCCl)nc2c(Cl)cccc21. The first-order chi connectivity index (χ1) is 8.72. The highest BCUT2D eigenvalue weighted by atomic mass is 35.5. The van der Waals surface area contributed by atoms with Gasteiger partial charge in [0.1, 0.15) is 11.3 Å². The minimum absolute atomic E-state index is 0.465. The van der Waals surface area contributed by atoms with Gasteiger partial charge < -0.3 is 4.57 Å². The Hall–Kier alpha value is -0.730. The molecule has 0 aliphatic carbocycles. The number of hydrogen-bond acceptors (Lipinski definition) is 1. The third-order valence-corrected chi connectivity index (χ3v) is 3.86. The molecule has 0 aliphatic rings. The first-order valence-corrected chi connectivity index (χ1v) is 7.35. The maximum Gasteiger partial charge on any atom is 0.111 e. The number of aryl methyl sites for hydroxylation is 1. The van der Waals surface area contributed by atoms with Crippen molar-refractivity contribution >= 4 is 34.2 Å². The van der Waals surface area contributed by atoms with Crippen molar-refractivity contribution in [2.75, 3.05) is 5.88 Å². The van der Waals surface area contributed by atoms with Crippen molar-refractivity contribution in [1.29, 1.82) is 0 Å². The molecule has 1 aromatic carbocycles. The lowest BCUT2D eigenvalue weighted by Gasteiger charge is -2.18. The second-order valence-electron chi connectivity index (χ2n) is 4.41. The third-order valence-electron chi connectivity index (χ3n) is 3.37. The van der Waals surface area contributed by atoms with Crippen LogP contribution in [0.4, 0.5) is 0 Å². The van der Waals surface area contributed by atoms with E-state index in [1.54, 1.807) is 0 Å². The molecule has 2 nitrogen and oxygen atoms in total. The summed E-state index contributed by atoms with van der Waals surface area (Å²) in [6, 6.07) is 6.42. The molecule has 1 heterocycles. The molecule has 18 heavy (non-hydrogen) atoms. The molecule has 2 rings (SSSR count). The van der Waals surface area contributed by atoms with E-state index >= 15 is 0 Å². The summed E-state index contributed by atoms with van der Waals surface area (Å²) in [4.78, 5) is 4.67. The first kappa shape index (κ1) is 13.7. The lowest BCUT2D eigenvalue weighted by atomic mass is 10.1. The van der Waals surface area contributed by atoms with Gasteiger partial charge in [-0.05, 0) is 25.0 Å². The van der Waals surface area contributed by atoms with Crippen LogP contribution in [0.2, 0.25) is 5.02 Å². The Morgan fingerprint density at radius 2 is 2.00 bits per heavy atom. The lowest BCUT2D eigenvalue weighted by Crippen LogP contribution is -2.11. The van der Waals surface area contributed by atoms with Gasteiger partial charge >= 0.3 is 0 Å². The fourth-order valence-electron chi connectivity index (χ4n) is 2.45. The number of nitrogens with zero attached hydrogens (tertiary/aromatic N) is 2. The minimum atomic E-state index is 0.465. The van der Waals surface area contributed by atoms with Crippen LogP contribution in [0.15, 0.2) is 18.2 Å². The van der Waals surface area contributed by atoms with E-state index in [1.165, 1.54) is 0 Å². The van der Waals surface area contributed by atoms with Crippen molar-refractivity contribution in [2.45, 2.75) is 39.2 Å². The maximum atomic E-state index is 6.22. The standard InChI is InChI=1S/C14H18Cl2N2/c1-3-10(4-2)18-12-7-5-6-11(16)14(12)17-13(18)8-9-15/h5-7,10H,3-4,8-9H2,1-2H3. The average Bonchev–Trinajstić information content (AvgIpc) is 2.72. The molecule has 0 spiro atoms. The Morgan fingerprint density at radius 1 is 1.28 bits per heavy atom. The number of aromatic nitrogens is 2. The number of imidazole rings is 1. The molecular formula is C14H18Cl2N2. The van der Waals surface area contributed by atoms with Crippen LogP contribution in [0.1, 0.15) is 38.6 Å². The molecule has 0 saturated carbocycles. The van der Waals surface area contributed by atoms with Crippen LogP contribution in [-0.4, -0.2) is 15.4 Å². The molecule has 1 aromatic heterocycles. The molecule has 0 atom stereocenters. The van der Waals surface area contributed by atoms with Gasteiger partial charge in [-0.1, -0.05) is 31.5 Å². The summed E-state index contributed by atoms with van der Waals surface area (Å²) in [7, 11) is 0. The van der Waals surface area contributed by atoms with Crippen LogP contribution in [0.3, 0.4) is 0 Å². The normalized spacial score (nSPS) is 11.6. The number of para-hydroxylation sites is 1. The van der Waals surface area contributed by atoms with Crippen LogP contribution in [0.25, 0.3) is 11.0 Å². The van der Waals surface area contributed by atoms with Gasteiger partial charge in [0.15, 0.2) is 0 Å². The average molecular weight is 285 g/mol. The number of rotatable bonds is 5. The zero-order chi connectivity index (χ0) is 13.1. The number of fused-ring (bicyclic) bond motifs is 1. The van der Waals surface area contributed by atoms with Crippen LogP contribution in [-0.2, 0) is 6.42 Å². The summed E-state index contributed by atoms with van der Waals surface area (Å²) in [5, 5.41) is 0.716. The number of hydrogen-bond donors (Lipinski definition) is 0. The van der Waals surface area contributed by atoms with Gasteiger partial charge in [0, 0.05) is 18.3 Å². The van der Waals surface area contributed by atoms with E-state index in [9.17, 15) is 0 Å². The highest BCUT2D eigenvalue weighted by Crippen LogP contribution is 2.29. The predicted octanol–water partition coefficient (Wildman–Crippen LogP) is 4.83. The molecular weight excluding hydrogens is 267 g/mol. The smallest absolute Gasteiger partial charge is 0.111 e. The molecule has 0 N–H and O–H groups in total. The molecule has 0 aliphatic heterocycles. The van der Waals surface area contributed by atoms with Gasteiger partial charge in [0.25, 0.3) is 0 Å². The summed E-state index contributed by atoms with van der Waals surface area (Å²) in [6.45, 7) is 4.41. The molecule has 0 radical (unpaired) electrons. The van der Waals surface area contributed by atoms with Gasteiger partial charge in [0.05, 0.1) is 10.5 Å². The quantitative estimate of drug-likeness (QED) is 0.719. The summed E-state index contributed by atoms with van der Waals surface area (Å²) >= 11 is 12.1. The van der Waals surface area contributed by atoms with Crippen molar-refractivity contribution in [3.05, 3.63) is 29.0 Å². The van der Waals surface area contributed by atoms with E-state index in [0.717, 1.165) is 36.1 Å². The van der Waals surface area contributed by atoms with E-state index in [0.29, 0.717) is 16.9 Å². The Balaban J connectivity index is 2.65. The van der Waals surface area contributed by atoms with E-state index in [-0.39, 0.29) is 0 Å². The fourth-order valence-corrected chi connectivity index (χ4v) is 2.83. The van der Waals surface area contributed by atoms with Crippen molar-refractivity contribution in [3.63, 3.8) is 0 Å². The van der Waals surface area contributed by atoms with Crippen molar-refractivity contribution in [1.82, 2.24) is 9.55 Å². The molecule has 0 amide bonds.